The number of hydrogen-bond donors (Lipinski definition) is 1. The summed E-state index contributed by atoms with van der Waals surface area (Å²) < 4.78 is 36.6. The highest BCUT2D eigenvalue weighted by molar-refractivity contribution is 7.92. The maximum absolute atomic E-state index is 12.9. The molecule has 1 atom stereocenters. The summed E-state index contributed by atoms with van der Waals surface area (Å²) in [5.74, 6) is -1.39. The van der Waals surface area contributed by atoms with Gasteiger partial charge in [0.25, 0.3) is 5.91 Å². The number of ether oxygens (including phenoxy) is 2. The number of methoxy groups -OCH3 is 1. The molecule has 0 saturated heterocycles. The molecule has 11 heteroatoms. The first-order valence-corrected chi connectivity index (χ1v) is 13.1. The van der Waals surface area contributed by atoms with E-state index in [4.69, 9.17) is 21.1 Å². The molecule has 3 aromatic rings. The Balaban J connectivity index is 1.71. The molecule has 2 aromatic carbocycles. The molecule has 0 aliphatic heterocycles. The molecule has 1 heterocycles. The second-order valence-corrected chi connectivity index (χ2v) is 10.8. The first kappa shape index (κ1) is 27.2. The Morgan fingerprint density at radius 1 is 1.08 bits per heavy atom. The molecule has 0 bridgehead atoms. The summed E-state index contributed by atoms with van der Waals surface area (Å²) in [6.45, 7) is 5.08. The van der Waals surface area contributed by atoms with Crippen molar-refractivity contribution in [3.8, 4) is 17.0 Å². The largest absolute Gasteiger partial charge is 0.495 e. The number of aromatic nitrogens is 2. The van der Waals surface area contributed by atoms with Gasteiger partial charge in [0, 0.05) is 12.6 Å². The lowest BCUT2D eigenvalue weighted by atomic mass is 10.1. The lowest BCUT2D eigenvalue weighted by Gasteiger charge is -2.15. The summed E-state index contributed by atoms with van der Waals surface area (Å²) in [5.41, 5.74) is 2.36. The highest BCUT2D eigenvalue weighted by Crippen LogP contribution is 2.30. The Bertz CT molecular complexity index is 1370. The van der Waals surface area contributed by atoms with Crippen LogP contribution in [-0.2, 0) is 26.4 Å². The lowest BCUT2D eigenvalue weighted by Crippen LogP contribution is -2.28. The summed E-state index contributed by atoms with van der Waals surface area (Å²) >= 11 is 6.09. The number of benzene rings is 2. The van der Waals surface area contributed by atoms with Gasteiger partial charge in [-0.05, 0) is 56.7 Å². The van der Waals surface area contributed by atoms with Gasteiger partial charge in [0.1, 0.15) is 11.4 Å². The Morgan fingerprint density at radius 2 is 1.75 bits per heavy atom. The molecule has 0 spiro atoms. The smallest absolute Gasteiger partial charge is 0.321 e. The number of esters is 1. The van der Waals surface area contributed by atoms with Crippen molar-refractivity contribution in [2.45, 2.75) is 37.8 Å². The van der Waals surface area contributed by atoms with Gasteiger partial charge in [-0.25, -0.2) is 8.42 Å². The van der Waals surface area contributed by atoms with E-state index in [0.717, 1.165) is 5.56 Å². The fraction of sp³-hybridized carbons (Fsp3) is 0.320. The molecule has 0 radical (unpaired) electrons. The molecule has 1 unspecified atom stereocenters. The third-order valence-corrected chi connectivity index (χ3v) is 7.24. The molecular formula is C25H28ClN3O6S. The zero-order valence-electron chi connectivity index (χ0n) is 20.6. The summed E-state index contributed by atoms with van der Waals surface area (Å²) in [4.78, 5) is 24.7. The van der Waals surface area contributed by atoms with Gasteiger partial charge in [-0.15, -0.1) is 0 Å². The van der Waals surface area contributed by atoms with Crippen LogP contribution in [0.15, 0.2) is 53.4 Å². The minimum absolute atomic E-state index is 0.000140. The lowest BCUT2D eigenvalue weighted by molar-refractivity contribution is -0.144. The number of rotatable bonds is 9. The van der Waals surface area contributed by atoms with Crippen molar-refractivity contribution in [3.05, 3.63) is 64.8 Å². The molecule has 0 fully saturated rings. The molecule has 1 aromatic heterocycles. The monoisotopic (exact) mass is 533 g/mol. The van der Waals surface area contributed by atoms with Gasteiger partial charge in [0.15, 0.2) is 15.6 Å². The molecule has 0 saturated carbocycles. The second kappa shape index (κ2) is 11.1. The number of nitrogens with one attached hydrogen (secondary N) is 1. The molecule has 3 rings (SSSR count). The van der Waals surface area contributed by atoms with E-state index in [1.165, 1.54) is 23.9 Å². The number of carbonyl (C=O) groups is 2. The van der Waals surface area contributed by atoms with Crippen LogP contribution in [0.1, 0.15) is 42.9 Å². The van der Waals surface area contributed by atoms with Gasteiger partial charge in [0.2, 0.25) is 0 Å². The summed E-state index contributed by atoms with van der Waals surface area (Å²) in [5, 5.41) is 7.78. The fourth-order valence-electron chi connectivity index (χ4n) is 3.49. The maximum atomic E-state index is 12.9. The fourth-order valence-corrected chi connectivity index (χ4v) is 4.78. The number of sulfone groups is 1. The zero-order chi connectivity index (χ0) is 26.6. The van der Waals surface area contributed by atoms with E-state index in [9.17, 15) is 18.0 Å². The summed E-state index contributed by atoms with van der Waals surface area (Å²) in [6, 6.07) is 12.5. The Hall–Kier alpha value is -3.37. The highest BCUT2D eigenvalue weighted by atomic mass is 35.5. The molecule has 1 amide bonds. The van der Waals surface area contributed by atoms with Crippen LogP contribution in [0.4, 0.5) is 0 Å². The van der Waals surface area contributed by atoms with E-state index in [-0.39, 0.29) is 10.8 Å². The minimum Gasteiger partial charge on any atom is -0.495 e. The van der Waals surface area contributed by atoms with Crippen molar-refractivity contribution >= 4 is 33.3 Å². The maximum Gasteiger partial charge on any atom is 0.321 e. The molecule has 0 aliphatic carbocycles. The Morgan fingerprint density at radius 3 is 2.36 bits per heavy atom. The van der Waals surface area contributed by atoms with Crippen LogP contribution in [0.25, 0.3) is 11.3 Å². The van der Waals surface area contributed by atoms with Gasteiger partial charge >= 0.3 is 5.97 Å². The highest BCUT2D eigenvalue weighted by Gasteiger charge is 2.22. The minimum atomic E-state index is -3.84. The normalized spacial score (nSPS) is 12.3. The van der Waals surface area contributed by atoms with Crippen molar-refractivity contribution in [1.29, 1.82) is 0 Å². The molecule has 9 nitrogen and oxygen atoms in total. The Kier molecular flexibility index (Phi) is 8.42. The van der Waals surface area contributed by atoms with Crippen LogP contribution < -0.4 is 10.1 Å². The third kappa shape index (κ3) is 6.44. The predicted molar refractivity (Wildman–Crippen MR) is 136 cm³/mol. The standard InChI is InChI=1S/C25H28ClN3O6S/c1-15(2)35-24(30)14-36(32,33)19-9-6-17(7-10-19)16(3)27-25(31)22-13-21(28-29(22)4)18-8-11-20(26)23(12-18)34-5/h6-13,15-16H,14H2,1-5H3,(H,27,31). The van der Waals surface area contributed by atoms with Crippen LogP contribution in [0.3, 0.4) is 0 Å². The van der Waals surface area contributed by atoms with E-state index >= 15 is 0 Å². The summed E-state index contributed by atoms with van der Waals surface area (Å²) in [6.07, 6.45) is -0.399. The van der Waals surface area contributed by atoms with Crippen LogP contribution in [0.5, 0.6) is 5.75 Å². The van der Waals surface area contributed by atoms with Crippen LogP contribution in [0.2, 0.25) is 5.02 Å². The van der Waals surface area contributed by atoms with E-state index in [2.05, 4.69) is 10.4 Å². The topological polar surface area (TPSA) is 117 Å². The van der Waals surface area contributed by atoms with Crippen molar-refractivity contribution in [1.82, 2.24) is 15.1 Å². The average molecular weight is 534 g/mol. The summed E-state index contributed by atoms with van der Waals surface area (Å²) in [7, 11) is -0.654. The first-order valence-electron chi connectivity index (χ1n) is 11.1. The van der Waals surface area contributed by atoms with Crippen LogP contribution >= 0.6 is 11.6 Å². The number of nitrogens with zero attached hydrogens (tertiary/aromatic N) is 2. The second-order valence-electron chi connectivity index (χ2n) is 8.45. The van der Waals surface area contributed by atoms with Crippen molar-refractivity contribution in [2.75, 3.05) is 12.9 Å². The molecule has 1 N–H and O–H groups in total. The number of carbonyl (C=O) groups excluding carboxylic acids is 2. The molecule has 36 heavy (non-hydrogen) atoms. The van der Waals surface area contributed by atoms with Crippen molar-refractivity contribution in [3.63, 3.8) is 0 Å². The van der Waals surface area contributed by atoms with Gasteiger partial charge in [0.05, 0.1) is 34.9 Å². The van der Waals surface area contributed by atoms with E-state index < -0.39 is 33.7 Å². The quantitative estimate of drug-likeness (QED) is 0.414. The first-order chi connectivity index (χ1) is 16.9. The van der Waals surface area contributed by atoms with Gasteiger partial charge < -0.3 is 14.8 Å². The van der Waals surface area contributed by atoms with Gasteiger partial charge in [-0.3, -0.25) is 14.3 Å². The Labute approximate surface area is 215 Å². The van der Waals surface area contributed by atoms with E-state index in [1.54, 1.807) is 64.2 Å². The van der Waals surface area contributed by atoms with E-state index in [0.29, 0.717) is 27.7 Å². The van der Waals surface area contributed by atoms with Gasteiger partial charge in [-0.1, -0.05) is 29.8 Å². The predicted octanol–water partition coefficient (Wildman–Crippen LogP) is 3.97. The average Bonchev–Trinajstić information content (AvgIpc) is 3.20. The SMILES string of the molecule is COc1cc(-c2cc(C(=O)NC(C)c3ccc(S(=O)(=O)CC(=O)OC(C)C)cc3)n(C)n2)ccc1Cl. The molecular weight excluding hydrogens is 506 g/mol. The van der Waals surface area contributed by atoms with Gasteiger partial charge in [-0.2, -0.15) is 5.10 Å². The number of amides is 1. The number of aryl methyl sites for hydroxylation is 1. The molecule has 0 aliphatic rings. The zero-order valence-corrected chi connectivity index (χ0v) is 22.2. The number of hydrogen-bond acceptors (Lipinski definition) is 7. The van der Waals surface area contributed by atoms with Crippen molar-refractivity contribution in [2.24, 2.45) is 7.05 Å². The molecule has 192 valence electrons. The van der Waals surface area contributed by atoms with E-state index in [1.807, 2.05) is 0 Å². The van der Waals surface area contributed by atoms with Crippen molar-refractivity contribution < 1.29 is 27.5 Å². The van der Waals surface area contributed by atoms with Crippen LogP contribution in [-0.4, -0.2) is 49.0 Å². The van der Waals surface area contributed by atoms with Crippen LogP contribution in [0, 0.1) is 0 Å². The third-order valence-electron chi connectivity index (χ3n) is 5.32. The number of halogens is 1.